The van der Waals surface area contributed by atoms with Crippen LogP contribution in [0.1, 0.15) is 18.9 Å². The predicted octanol–water partition coefficient (Wildman–Crippen LogP) is 1.82. The van der Waals surface area contributed by atoms with Crippen molar-refractivity contribution in [3.05, 3.63) is 48.0 Å². The van der Waals surface area contributed by atoms with Crippen LogP contribution >= 0.6 is 0 Å². The van der Waals surface area contributed by atoms with Crippen molar-refractivity contribution in [2.45, 2.75) is 25.2 Å². The van der Waals surface area contributed by atoms with Gasteiger partial charge in [0.15, 0.2) is 0 Å². The van der Waals surface area contributed by atoms with E-state index < -0.39 is 26.0 Å². The van der Waals surface area contributed by atoms with Crippen molar-refractivity contribution in [2.24, 2.45) is 0 Å². The van der Waals surface area contributed by atoms with Gasteiger partial charge in [-0.05, 0) is 48.9 Å². The third kappa shape index (κ3) is 4.40. The maximum atomic E-state index is 12.9. The number of aryl methyl sites for hydroxylation is 1. The number of nitrogens with zero attached hydrogens (tertiary/aromatic N) is 1. The Morgan fingerprint density at radius 1 is 1.07 bits per heavy atom. The lowest BCUT2D eigenvalue weighted by molar-refractivity contribution is -0.116. The third-order valence-corrected chi connectivity index (χ3v) is 7.45. The van der Waals surface area contributed by atoms with Gasteiger partial charge in [0, 0.05) is 24.7 Å². The van der Waals surface area contributed by atoms with Crippen molar-refractivity contribution in [1.29, 1.82) is 0 Å². The molecule has 1 aliphatic heterocycles. The molecule has 9 nitrogen and oxygen atoms in total. The van der Waals surface area contributed by atoms with Crippen LogP contribution in [0, 0.1) is 6.92 Å². The summed E-state index contributed by atoms with van der Waals surface area (Å²) in [6.45, 7) is 2.93. The van der Waals surface area contributed by atoms with Crippen LogP contribution in [-0.2, 0) is 29.6 Å². The monoisotopic (exact) mass is 437 g/mol. The summed E-state index contributed by atoms with van der Waals surface area (Å²) in [5, 5.41) is 2.58. The molecule has 0 bridgehead atoms. The minimum atomic E-state index is -4.06. The van der Waals surface area contributed by atoms with E-state index in [1.165, 1.54) is 49.4 Å². The second-order valence-electron chi connectivity index (χ2n) is 6.54. The van der Waals surface area contributed by atoms with Crippen LogP contribution in [-0.4, -0.2) is 34.4 Å². The molecule has 0 radical (unpaired) electrons. The predicted molar refractivity (Wildman–Crippen MR) is 109 cm³/mol. The van der Waals surface area contributed by atoms with E-state index >= 15 is 0 Å². The van der Waals surface area contributed by atoms with Gasteiger partial charge in [-0.25, -0.2) is 21.1 Å². The van der Waals surface area contributed by atoms with Crippen LogP contribution in [0.3, 0.4) is 0 Å². The number of carbonyl (C=O) groups is 2. The average Bonchev–Trinajstić information content (AvgIpc) is 2.89. The highest BCUT2D eigenvalue weighted by molar-refractivity contribution is 7.94. The van der Waals surface area contributed by atoms with Crippen LogP contribution in [0.15, 0.2) is 47.4 Å². The SMILES string of the molecule is CC(=O)Nc1ccc(NS(=O)(=O)c2cc(N3C(=O)CCS3(=O)=O)ccc2C)cc1. The molecule has 1 heterocycles. The average molecular weight is 437 g/mol. The number of benzene rings is 2. The van der Waals surface area contributed by atoms with Crippen LogP contribution < -0.4 is 14.3 Å². The Bertz CT molecular complexity index is 1190. The first-order chi connectivity index (χ1) is 13.5. The molecule has 1 fully saturated rings. The fourth-order valence-electron chi connectivity index (χ4n) is 2.91. The zero-order chi connectivity index (χ0) is 21.4. The minimum Gasteiger partial charge on any atom is -0.326 e. The molecular formula is C18H19N3O6S2. The van der Waals surface area contributed by atoms with Crippen LogP contribution in [0.4, 0.5) is 17.1 Å². The van der Waals surface area contributed by atoms with Gasteiger partial charge in [-0.1, -0.05) is 6.07 Å². The fraction of sp³-hybridized carbons (Fsp3) is 0.222. The molecule has 0 aromatic heterocycles. The third-order valence-electron chi connectivity index (χ3n) is 4.23. The number of hydrogen-bond acceptors (Lipinski definition) is 6. The van der Waals surface area contributed by atoms with Gasteiger partial charge >= 0.3 is 0 Å². The highest BCUT2D eigenvalue weighted by atomic mass is 32.2. The summed E-state index contributed by atoms with van der Waals surface area (Å²) in [6.07, 6.45) is -0.142. The zero-order valence-corrected chi connectivity index (χ0v) is 17.3. The Morgan fingerprint density at radius 3 is 2.24 bits per heavy atom. The molecule has 154 valence electrons. The molecule has 11 heteroatoms. The van der Waals surface area contributed by atoms with Crippen LogP contribution in [0.2, 0.25) is 0 Å². The number of sulfonamides is 2. The molecule has 29 heavy (non-hydrogen) atoms. The van der Waals surface area contributed by atoms with Gasteiger partial charge in [-0.3, -0.25) is 14.3 Å². The summed E-state index contributed by atoms with van der Waals surface area (Å²) in [5.41, 5.74) is 1.14. The van der Waals surface area contributed by atoms with Gasteiger partial charge in [0.2, 0.25) is 21.8 Å². The normalized spacial score (nSPS) is 15.9. The van der Waals surface area contributed by atoms with E-state index in [4.69, 9.17) is 0 Å². The van der Waals surface area contributed by atoms with E-state index in [-0.39, 0.29) is 34.4 Å². The lowest BCUT2D eigenvalue weighted by Gasteiger charge is -2.17. The van der Waals surface area contributed by atoms with Gasteiger partial charge < -0.3 is 5.32 Å². The van der Waals surface area contributed by atoms with Crippen molar-refractivity contribution in [3.63, 3.8) is 0 Å². The molecule has 0 spiro atoms. The summed E-state index contributed by atoms with van der Waals surface area (Å²) in [5.74, 6) is -1.16. The van der Waals surface area contributed by atoms with Crippen molar-refractivity contribution in [1.82, 2.24) is 0 Å². The first kappa shape index (κ1) is 20.8. The number of anilines is 3. The second kappa shape index (κ2) is 7.48. The summed E-state index contributed by atoms with van der Waals surface area (Å²) < 4.78 is 53.0. The highest BCUT2D eigenvalue weighted by Gasteiger charge is 2.37. The quantitative estimate of drug-likeness (QED) is 0.734. The van der Waals surface area contributed by atoms with E-state index in [2.05, 4.69) is 10.0 Å². The summed E-state index contributed by atoms with van der Waals surface area (Å²) in [6, 6.07) is 10.1. The fourth-order valence-corrected chi connectivity index (χ4v) is 5.68. The molecule has 0 aliphatic carbocycles. The van der Waals surface area contributed by atoms with E-state index in [9.17, 15) is 26.4 Å². The maximum Gasteiger partial charge on any atom is 0.262 e. The highest BCUT2D eigenvalue weighted by Crippen LogP contribution is 2.30. The first-order valence-electron chi connectivity index (χ1n) is 8.56. The molecule has 1 saturated heterocycles. The van der Waals surface area contributed by atoms with Gasteiger partial charge in [-0.15, -0.1) is 0 Å². The number of rotatable bonds is 5. The number of hydrogen-bond donors (Lipinski definition) is 2. The molecule has 2 aromatic carbocycles. The molecule has 2 aromatic rings. The molecule has 0 saturated carbocycles. The van der Waals surface area contributed by atoms with Crippen molar-refractivity contribution >= 4 is 48.9 Å². The standard InChI is InChI=1S/C18H19N3O6S2/c1-12-3-8-16(21-18(23)9-10-28(21,24)25)11-17(12)29(26,27)20-15-6-4-14(5-7-15)19-13(2)22/h3-8,11,20H,9-10H2,1-2H3,(H,19,22). The zero-order valence-electron chi connectivity index (χ0n) is 15.7. The van der Waals surface area contributed by atoms with Gasteiger partial charge in [0.25, 0.3) is 10.0 Å². The van der Waals surface area contributed by atoms with E-state index in [0.29, 0.717) is 15.6 Å². The topological polar surface area (TPSA) is 130 Å². The molecule has 2 N–H and O–H groups in total. The molecule has 0 unspecified atom stereocenters. The first-order valence-corrected chi connectivity index (χ1v) is 11.7. The Labute approximate surface area is 168 Å². The maximum absolute atomic E-state index is 12.9. The molecule has 2 amide bonds. The van der Waals surface area contributed by atoms with Crippen LogP contribution in [0.5, 0.6) is 0 Å². The molecule has 3 rings (SSSR count). The van der Waals surface area contributed by atoms with Gasteiger partial charge in [0.05, 0.1) is 16.3 Å². The Kier molecular flexibility index (Phi) is 5.37. The largest absolute Gasteiger partial charge is 0.326 e. The summed E-state index contributed by atoms with van der Waals surface area (Å²) in [7, 11) is -7.86. The summed E-state index contributed by atoms with van der Waals surface area (Å²) >= 11 is 0. The summed E-state index contributed by atoms with van der Waals surface area (Å²) in [4.78, 5) is 22.9. The van der Waals surface area contributed by atoms with Crippen LogP contribution in [0.25, 0.3) is 0 Å². The second-order valence-corrected chi connectivity index (χ2v) is 10.1. The molecular weight excluding hydrogens is 418 g/mol. The van der Waals surface area contributed by atoms with Gasteiger partial charge in [-0.2, -0.15) is 0 Å². The number of nitrogens with one attached hydrogen (secondary N) is 2. The van der Waals surface area contributed by atoms with Crippen molar-refractivity contribution in [3.8, 4) is 0 Å². The number of amides is 2. The Balaban J connectivity index is 1.93. The smallest absolute Gasteiger partial charge is 0.262 e. The van der Waals surface area contributed by atoms with Gasteiger partial charge in [0.1, 0.15) is 0 Å². The van der Waals surface area contributed by atoms with E-state index in [0.717, 1.165) is 0 Å². The Morgan fingerprint density at radius 2 is 1.69 bits per heavy atom. The lowest BCUT2D eigenvalue weighted by atomic mass is 10.2. The van der Waals surface area contributed by atoms with Crippen molar-refractivity contribution < 1.29 is 26.4 Å². The lowest BCUT2D eigenvalue weighted by Crippen LogP contribution is -2.29. The van der Waals surface area contributed by atoms with E-state index in [1.807, 2.05) is 0 Å². The molecule has 0 atom stereocenters. The van der Waals surface area contributed by atoms with E-state index in [1.54, 1.807) is 6.92 Å². The Hall–Kier alpha value is -2.92. The minimum absolute atomic E-state index is 0.0144. The number of carbonyl (C=O) groups excluding carboxylic acids is 2. The molecule has 1 aliphatic rings. The van der Waals surface area contributed by atoms with Crippen molar-refractivity contribution in [2.75, 3.05) is 20.1 Å².